The minimum absolute atomic E-state index is 0.0851. The lowest BCUT2D eigenvalue weighted by atomic mass is 9.81. The summed E-state index contributed by atoms with van der Waals surface area (Å²) in [7, 11) is 0. The Labute approximate surface area is 184 Å². The molecule has 158 valence electrons. The molecule has 1 aromatic heterocycles. The summed E-state index contributed by atoms with van der Waals surface area (Å²) in [4.78, 5) is 43.3. The predicted molar refractivity (Wildman–Crippen MR) is 120 cm³/mol. The van der Waals surface area contributed by atoms with Gasteiger partial charge >= 0.3 is 0 Å². The molecule has 2 atom stereocenters. The first-order chi connectivity index (χ1) is 15.1. The second-order valence-corrected chi connectivity index (χ2v) is 9.08. The standard InChI is InChI=1S/C24H23N3O3S/c28-21(11-12-27-22(29)18-7-3-4-8-19(18)23(27)30)26-24-25-20(14-31-24)17-10-9-15-5-1-2-6-16(15)13-17/h1-2,5-6,9-10,13-14,18-19H,3-4,7-8,11-12H2,(H,25,26,28)/t18-,19-/m1/s1. The summed E-state index contributed by atoms with van der Waals surface area (Å²) in [6, 6.07) is 14.3. The molecule has 31 heavy (non-hydrogen) atoms. The third kappa shape index (κ3) is 3.85. The average molecular weight is 434 g/mol. The monoisotopic (exact) mass is 433 g/mol. The molecule has 0 bridgehead atoms. The van der Waals surface area contributed by atoms with E-state index in [0.29, 0.717) is 5.13 Å². The zero-order valence-electron chi connectivity index (χ0n) is 17.0. The zero-order chi connectivity index (χ0) is 21.4. The van der Waals surface area contributed by atoms with Crippen molar-refractivity contribution in [3.63, 3.8) is 0 Å². The number of anilines is 1. The molecule has 1 saturated heterocycles. The van der Waals surface area contributed by atoms with Crippen LogP contribution in [0.3, 0.4) is 0 Å². The van der Waals surface area contributed by atoms with Gasteiger partial charge in [0.25, 0.3) is 0 Å². The first-order valence-corrected chi connectivity index (χ1v) is 11.6. The summed E-state index contributed by atoms with van der Waals surface area (Å²) in [5.74, 6) is -0.791. The van der Waals surface area contributed by atoms with Gasteiger partial charge < -0.3 is 5.32 Å². The zero-order valence-corrected chi connectivity index (χ0v) is 17.9. The van der Waals surface area contributed by atoms with Crippen LogP contribution in [0.2, 0.25) is 0 Å². The molecule has 1 saturated carbocycles. The fourth-order valence-corrected chi connectivity index (χ4v) is 5.39. The fraction of sp³-hybridized carbons (Fsp3) is 0.333. The van der Waals surface area contributed by atoms with Gasteiger partial charge in [-0.15, -0.1) is 11.3 Å². The molecule has 2 aliphatic rings. The van der Waals surface area contributed by atoms with Gasteiger partial charge in [0, 0.05) is 23.9 Å². The Bertz CT molecular complexity index is 1150. The lowest BCUT2D eigenvalue weighted by Crippen LogP contribution is -2.34. The van der Waals surface area contributed by atoms with Gasteiger partial charge in [0.05, 0.1) is 17.5 Å². The predicted octanol–water partition coefficient (Wildman–Crippen LogP) is 4.47. The maximum absolute atomic E-state index is 12.5. The first-order valence-electron chi connectivity index (χ1n) is 10.7. The Morgan fingerprint density at radius 1 is 1.03 bits per heavy atom. The van der Waals surface area contributed by atoms with Crippen LogP contribution in [0.1, 0.15) is 32.1 Å². The van der Waals surface area contributed by atoms with Gasteiger partial charge in [-0.25, -0.2) is 4.98 Å². The number of nitrogens with zero attached hydrogens (tertiary/aromatic N) is 2. The molecular weight excluding hydrogens is 410 g/mol. The van der Waals surface area contributed by atoms with Crippen molar-refractivity contribution in [1.29, 1.82) is 0 Å². The number of aromatic nitrogens is 1. The largest absolute Gasteiger partial charge is 0.302 e. The van der Waals surface area contributed by atoms with Crippen molar-refractivity contribution in [3.8, 4) is 11.3 Å². The first kappa shape index (κ1) is 19.9. The van der Waals surface area contributed by atoms with Crippen LogP contribution in [-0.2, 0) is 14.4 Å². The molecule has 6 nitrogen and oxygen atoms in total. The number of rotatable bonds is 5. The van der Waals surface area contributed by atoms with E-state index in [1.165, 1.54) is 21.6 Å². The van der Waals surface area contributed by atoms with Crippen LogP contribution in [0, 0.1) is 11.8 Å². The molecular formula is C24H23N3O3S. The lowest BCUT2D eigenvalue weighted by Gasteiger charge is -2.19. The van der Waals surface area contributed by atoms with Crippen molar-refractivity contribution in [2.75, 3.05) is 11.9 Å². The number of carbonyl (C=O) groups is 3. The Balaban J connectivity index is 1.21. The second kappa shape index (κ2) is 8.23. The summed E-state index contributed by atoms with van der Waals surface area (Å²) in [6.45, 7) is 0.138. The Hall–Kier alpha value is -3.06. The highest BCUT2D eigenvalue weighted by atomic mass is 32.1. The maximum Gasteiger partial charge on any atom is 0.233 e. The minimum Gasteiger partial charge on any atom is -0.302 e. The molecule has 7 heteroatoms. The molecule has 0 radical (unpaired) electrons. The summed E-state index contributed by atoms with van der Waals surface area (Å²) in [5.41, 5.74) is 1.80. The molecule has 2 heterocycles. The third-order valence-electron chi connectivity index (χ3n) is 6.29. The van der Waals surface area contributed by atoms with Gasteiger partial charge in [0.1, 0.15) is 0 Å². The molecule has 1 N–H and O–H groups in total. The van der Waals surface area contributed by atoms with Crippen LogP contribution < -0.4 is 5.32 Å². The smallest absolute Gasteiger partial charge is 0.233 e. The molecule has 2 aromatic carbocycles. The second-order valence-electron chi connectivity index (χ2n) is 8.22. The number of benzene rings is 2. The summed E-state index contributed by atoms with van der Waals surface area (Å²) in [6.07, 6.45) is 3.65. The van der Waals surface area contributed by atoms with Gasteiger partial charge in [-0.05, 0) is 29.7 Å². The molecule has 0 unspecified atom stereocenters. The summed E-state index contributed by atoms with van der Waals surface area (Å²) >= 11 is 1.36. The number of amides is 3. The Kier molecular flexibility index (Phi) is 5.28. The minimum atomic E-state index is -0.241. The topological polar surface area (TPSA) is 79.4 Å². The van der Waals surface area contributed by atoms with Crippen LogP contribution in [0.25, 0.3) is 22.0 Å². The van der Waals surface area contributed by atoms with Gasteiger partial charge in [-0.1, -0.05) is 49.2 Å². The molecule has 2 fully saturated rings. The van der Waals surface area contributed by atoms with E-state index in [1.807, 2.05) is 23.6 Å². The Morgan fingerprint density at radius 3 is 2.48 bits per heavy atom. The third-order valence-corrected chi connectivity index (χ3v) is 7.05. The number of carbonyl (C=O) groups excluding carboxylic acids is 3. The van der Waals surface area contributed by atoms with E-state index >= 15 is 0 Å². The molecule has 1 aliphatic carbocycles. The van der Waals surface area contributed by atoms with Gasteiger partial charge in [0.15, 0.2) is 5.13 Å². The maximum atomic E-state index is 12.5. The molecule has 3 aromatic rings. The number of hydrogen-bond donors (Lipinski definition) is 1. The van der Waals surface area contributed by atoms with E-state index < -0.39 is 0 Å². The van der Waals surface area contributed by atoms with E-state index in [-0.39, 0.29) is 42.5 Å². The summed E-state index contributed by atoms with van der Waals surface area (Å²) in [5, 5.41) is 7.54. The van der Waals surface area contributed by atoms with Crippen molar-refractivity contribution < 1.29 is 14.4 Å². The van der Waals surface area contributed by atoms with Crippen LogP contribution in [-0.4, -0.2) is 34.2 Å². The number of nitrogens with one attached hydrogen (secondary N) is 1. The van der Waals surface area contributed by atoms with E-state index in [0.717, 1.165) is 42.3 Å². The van der Waals surface area contributed by atoms with Gasteiger partial charge in [0.2, 0.25) is 17.7 Å². The molecule has 1 aliphatic heterocycles. The van der Waals surface area contributed by atoms with Crippen LogP contribution >= 0.6 is 11.3 Å². The number of imide groups is 1. The van der Waals surface area contributed by atoms with Crippen molar-refractivity contribution in [1.82, 2.24) is 9.88 Å². The lowest BCUT2D eigenvalue weighted by molar-refractivity contribution is -0.140. The van der Waals surface area contributed by atoms with Crippen molar-refractivity contribution >= 4 is 45.0 Å². The van der Waals surface area contributed by atoms with Crippen LogP contribution in [0.5, 0.6) is 0 Å². The van der Waals surface area contributed by atoms with Crippen LogP contribution in [0.4, 0.5) is 5.13 Å². The quantitative estimate of drug-likeness (QED) is 0.602. The molecule has 0 spiro atoms. The fourth-order valence-electron chi connectivity index (χ4n) is 4.66. The normalized spacial score (nSPS) is 20.8. The van der Waals surface area contributed by atoms with Gasteiger partial charge in [-0.3, -0.25) is 19.3 Å². The summed E-state index contributed by atoms with van der Waals surface area (Å²) < 4.78 is 0. The van der Waals surface area contributed by atoms with Crippen molar-refractivity contribution in [3.05, 3.63) is 47.8 Å². The van der Waals surface area contributed by atoms with E-state index in [9.17, 15) is 14.4 Å². The highest BCUT2D eigenvalue weighted by Crippen LogP contribution is 2.38. The highest BCUT2D eigenvalue weighted by Gasteiger charge is 2.47. The Morgan fingerprint density at radius 2 is 1.74 bits per heavy atom. The molecule has 3 amide bonds. The molecule has 5 rings (SSSR count). The van der Waals surface area contributed by atoms with E-state index in [4.69, 9.17) is 0 Å². The van der Waals surface area contributed by atoms with Crippen molar-refractivity contribution in [2.45, 2.75) is 32.1 Å². The van der Waals surface area contributed by atoms with Crippen LogP contribution in [0.15, 0.2) is 47.8 Å². The average Bonchev–Trinajstić information content (AvgIpc) is 3.35. The van der Waals surface area contributed by atoms with E-state index in [2.05, 4.69) is 34.6 Å². The van der Waals surface area contributed by atoms with Gasteiger partial charge in [-0.2, -0.15) is 0 Å². The number of fused-ring (bicyclic) bond motifs is 2. The number of thiazole rings is 1. The number of hydrogen-bond acceptors (Lipinski definition) is 5. The number of likely N-dealkylation sites (tertiary alicyclic amines) is 1. The van der Waals surface area contributed by atoms with Crippen molar-refractivity contribution in [2.24, 2.45) is 11.8 Å². The van der Waals surface area contributed by atoms with E-state index in [1.54, 1.807) is 0 Å². The SMILES string of the molecule is O=C(CCN1C(=O)[C@@H]2CCCC[C@H]2C1=O)Nc1nc(-c2ccc3ccccc3c2)cs1. The highest BCUT2D eigenvalue weighted by molar-refractivity contribution is 7.14.